The molecule has 0 aliphatic carbocycles. The van der Waals surface area contributed by atoms with Crippen LogP contribution in [0.2, 0.25) is 0 Å². The predicted octanol–water partition coefficient (Wildman–Crippen LogP) is 7.23. The summed E-state index contributed by atoms with van der Waals surface area (Å²) in [6.45, 7) is 14.9. The maximum Gasteiger partial charge on any atom is 0.485 e. The first-order valence-corrected chi connectivity index (χ1v) is 16.9. The van der Waals surface area contributed by atoms with E-state index in [1.54, 1.807) is 0 Å². The van der Waals surface area contributed by atoms with Gasteiger partial charge in [0.2, 0.25) is 0 Å². The number of ether oxygens (including phenoxy) is 6. The third-order valence-electron chi connectivity index (χ3n) is 5.48. The highest BCUT2D eigenvalue weighted by Gasteiger charge is 2.42. The van der Waals surface area contributed by atoms with E-state index in [0.717, 1.165) is 14.7 Å². The minimum absolute atomic E-state index is 0.500. The lowest BCUT2D eigenvalue weighted by Crippen LogP contribution is -2.21. The summed E-state index contributed by atoms with van der Waals surface area (Å²) in [5.74, 6) is 4.25. The predicted molar refractivity (Wildman–Crippen MR) is 164 cm³/mol. The van der Waals surface area contributed by atoms with E-state index in [1.807, 2.05) is 84.0 Å². The molecule has 0 aromatic heterocycles. The summed E-state index contributed by atoms with van der Waals surface area (Å²) >= 11 is 0. The van der Waals surface area contributed by atoms with Crippen LogP contribution in [0.3, 0.4) is 0 Å². The number of benzene rings is 3. The Bertz CT molecular complexity index is 1330. The maximum atomic E-state index is 10.7. The molecule has 0 N–H and O–H groups in total. The second-order valence-corrected chi connectivity index (χ2v) is 11.9. The number of hydrogen-bond acceptors (Lipinski definition) is 9. The fourth-order valence-corrected chi connectivity index (χ4v) is 6.33. The molecule has 3 aromatic rings. The lowest BCUT2D eigenvalue weighted by molar-refractivity contribution is -0.0517. The van der Waals surface area contributed by atoms with Crippen molar-refractivity contribution in [1.82, 2.24) is 0 Å². The summed E-state index contributed by atoms with van der Waals surface area (Å²) in [6, 6.07) is 18.1. The van der Waals surface area contributed by atoms with Crippen molar-refractivity contribution in [3.8, 4) is 34.5 Å². The molecule has 0 fully saturated rings. The van der Waals surface area contributed by atoms with Gasteiger partial charge in [0.05, 0.1) is 39.6 Å². The zero-order valence-electron chi connectivity index (χ0n) is 26.1. The van der Waals surface area contributed by atoms with E-state index >= 15 is 0 Å². The highest BCUT2D eigenvalue weighted by atomic mass is 32.2. The monoisotopic (exact) mass is 676 g/mol. The van der Waals surface area contributed by atoms with E-state index in [9.17, 15) is 13.2 Å². The van der Waals surface area contributed by atoms with Crippen LogP contribution in [0.1, 0.15) is 41.5 Å². The molecule has 45 heavy (non-hydrogen) atoms. The summed E-state index contributed by atoms with van der Waals surface area (Å²) in [6.07, 6.45) is 0. The number of halogens is 3. The van der Waals surface area contributed by atoms with Crippen molar-refractivity contribution in [3.05, 3.63) is 54.6 Å². The molecule has 14 heteroatoms. The van der Waals surface area contributed by atoms with Crippen molar-refractivity contribution in [2.24, 2.45) is 0 Å². The molecule has 0 amide bonds. The maximum absolute atomic E-state index is 10.7. The number of hydrogen-bond donors (Lipinski definition) is 0. The van der Waals surface area contributed by atoms with Crippen molar-refractivity contribution < 1.29 is 54.6 Å². The van der Waals surface area contributed by atoms with E-state index in [2.05, 4.69) is 12.1 Å². The first-order valence-electron chi connectivity index (χ1n) is 14.3. The highest BCUT2D eigenvalue weighted by molar-refractivity contribution is 7.97. The number of rotatable bonds is 15. The lowest BCUT2D eigenvalue weighted by atomic mass is 10.3. The highest BCUT2D eigenvalue weighted by Crippen LogP contribution is 2.51. The average Bonchev–Trinajstić information content (AvgIpc) is 2.96. The molecule has 0 saturated carbocycles. The van der Waals surface area contributed by atoms with Crippen molar-refractivity contribution in [1.29, 1.82) is 0 Å². The topological polar surface area (TPSA) is 113 Å². The van der Waals surface area contributed by atoms with Crippen LogP contribution in [0.15, 0.2) is 69.3 Å². The van der Waals surface area contributed by atoms with Gasteiger partial charge in [-0.05, 0) is 53.7 Å². The van der Waals surface area contributed by atoms with Crippen LogP contribution in [0.25, 0.3) is 0 Å². The second kappa shape index (κ2) is 17.9. The van der Waals surface area contributed by atoms with Crippen molar-refractivity contribution in [2.45, 2.75) is 61.7 Å². The largest absolute Gasteiger partial charge is 0.741 e. The Kier molecular flexibility index (Phi) is 15.0. The van der Waals surface area contributed by atoms with Gasteiger partial charge in [-0.2, -0.15) is 13.2 Å². The molecule has 0 spiro atoms. The minimum Gasteiger partial charge on any atom is -0.741 e. The van der Waals surface area contributed by atoms with Gasteiger partial charge >= 0.3 is 5.51 Å². The van der Waals surface area contributed by atoms with Crippen LogP contribution in [-0.4, -0.2) is 58.1 Å². The Morgan fingerprint density at radius 3 is 1.13 bits per heavy atom. The van der Waals surface area contributed by atoms with Gasteiger partial charge in [-0.25, -0.2) is 8.42 Å². The molecular weight excluding hydrogens is 637 g/mol. The Morgan fingerprint density at radius 2 is 0.889 bits per heavy atom. The molecule has 9 nitrogen and oxygen atoms in total. The zero-order chi connectivity index (χ0) is 33.6. The van der Waals surface area contributed by atoms with E-state index in [0.29, 0.717) is 74.1 Å². The van der Waals surface area contributed by atoms with Gasteiger partial charge in [-0.3, -0.25) is 0 Å². The molecule has 0 unspecified atom stereocenters. The first-order chi connectivity index (χ1) is 21.4. The van der Waals surface area contributed by atoms with Crippen LogP contribution >= 0.6 is 0 Å². The van der Waals surface area contributed by atoms with Gasteiger partial charge in [0, 0.05) is 24.3 Å². The van der Waals surface area contributed by atoms with Crippen LogP contribution in [0.4, 0.5) is 13.2 Å². The van der Waals surface area contributed by atoms with Crippen LogP contribution < -0.4 is 28.4 Å². The molecule has 3 aromatic carbocycles. The Hall–Kier alpha value is -3.49. The van der Waals surface area contributed by atoms with Gasteiger partial charge in [0.25, 0.3) is 9.79 Å². The molecule has 0 atom stereocenters. The van der Waals surface area contributed by atoms with Crippen molar-refractivity contribution in [2.75, 3.05) is 39.6 Å². The van der Waals surface area contributed by atoms with Gasteiger partial charge in [0.1, 0.15) is 22.4 Å². The van der Waals surface area contributed by atoms with Crippen LogP contribution in [0, 0.1) is 0 Å². The minimum atomic E-state index is -6.09. The van der Waals surface area contributed by atoms with Gasteiger partial charge in [-0.1, -0.05) is 18.2 Å². The molecule has 0 aliphatic heterocycles. The average molecular weight is 677 g/mol. The third kappa shape index (κ3) is 10.5. The van der Waals surface area contributed by atoms with Crippen LogP contribution in [-0.2, 0) is 21.0 Å². The molecular formula is C31H39F3O9S2. The number of alkyl halides is 3. The summed E-state index contributed by atoms with van der Waals surface area (Å²) in [5.41, 5.74) is -5.65. The van der Waals surface area contributed by atoms with Gasteiger partial charge in [0.15, 0.2) is 38.0 Å². The SMILES string of the molecule is CCOc1cc(OCC)c([S+](c2ccccc2)c2c(OCC)cc(OCC)cc2OCC)c(OCC)c1.O=S(=O)([O-])C(F)(F)F. The quantitative estimate of drug-likeness (QED) is 0.0935. The molecule has 3 rings (SSSR count). The second-order valence-electron chi connectivity index (χ2n) is 8.61. The Labute approximate surface area is 265 Å². The zero-order valence-corrected chi connectivity index (χ0v) is 27.7. The smallest absolute Gasteiger partial charge is 0.485 e. The standard InChI is InChI=1S/C30H39O6S.CHF3O3S/c1-7-31-22-18-25(33-9-3)29(26(19-22)34-10-4)37(24-16-14-13-15-17-24)30-27(35-11-5)20-23(32-8-2)21-28(30)36-12-6;2-1(3,4)8(5,6)7/h13-21H,7-12H2,1-6H3;(H,5,6,7)/q+1;/p-1. The van der Waals surface area contributed by atoms with E-state index in [-0.39, 0.29) is 0 Å². The Balaban J connectivity index is 0.000000777. The summed E-state index contributed by atoms with van der Waals surface area (Å²) < 4.78 is 95.6. The van der Waals surface area contributed by atoms with Gasteiger partial charge < -0.3 is 33.0 Å². The molecule has 0 saturated heterocycles. The third-order valence-corrected chi connectivity index (χ3v) is 8.41. The molecule has 250 valence electrons. The summed E-state index contributed by atoms with van der Waals surface area (Å²) in [4.78, 5) is 2.92. The van der Waals surface area contributed by atoms with Crippen LogP contribution in [0.5, 0.6) is 34.5 Å². The summed E-state index contributed by atoms with van der Waals surface area (Å²) in [7, 11) is -6.79. The molecule has 0 heterocycles. The fourth-order valence-electron chi connectivity index (χ4n) is 3.95. The Morgan fingerprint density at radius 1 is 0.600 bits per heavy atom. The van der Waals surface area contributed by atoms with E-state index in [4.69, 9.17) is 41.4 Å². The molecule has 0 bridgehead atoms. The fraction of sp³-hybridized carbons (Fsp3) is 0.419. The van der Waals surface area contributed by atoms with Gasteiger partial charge in [-0.15, -0.1) is 0 Å². The summed E-state index contributed by atoms with van der Waals surface area (Å²) in [5, 5.41) is 0. The first kappa shape index (κ1) is 37.7. The van der Waals surface area contributed by atoms with E-state index < -0.39 is 26.5 Å². The van der Waals surface area contributed by atoms with E-state index in [1.165, 1.54) is 0 Å². The normalized spacial score (nSPS) is 11.4. The lowest BCUT2D eigenvalue weighted by Gasteiger charge is -2.21. The molecule has 0 radical (unpaired) electrons. The van der Waals surface area contributed by atoms with Crippen molar-refractivity contribution in [3.63, 3.8) is 0 Å². The van der Waals surface area contributed by atoms with Crippen molar-refractivity contribution >= 4 is 21.0 Å². The molecule has 0 aliphatic rings.